The predicted molar refractivity (Wildman–Crippen MR) is 71.1 cm³/mol. The van der Waals surface area contributed by atoms with E-state index in [0.717, 1.165) is 6.61 Å². The van der Waals surface area contributed by atoms with E-state index in [9.17, 15) is 9.59 Å². The Bertz CT molecular complexity index is 290. The zero-order chi connectivity index (χ0) is 14.1. The highest BCUT2D eigenvalue weighted by atomic mass is 16.5. The van der Waals surface area contributed by atoms with Gasteiger partial charge in [0, 0.05) is 26.7 Å². The molecular weight excluding hydrogens is 248 g/mol. The number of urea groups is 1. The van der Waals surface area contributed by atoms with Gasteiger partial charge in [0.15, 0.2) is 0 Å². The molecule has 1 rings (SSSR count). The summed E-state index contributed by atoms with van der Waals surface area (Å²) in [5.74, 6) is -0.214. The molecule has 0 spiro atoms. The smallest absolute Gasteiger partial charge is 0.317 e. The quantitative estimate of drug-likeness (QED) is 0.653. The van der Waals surface area contributed by atoms with Crippen molar-refractivity contribution in [2.24, 2.45) is 5.92 Å². The van der Waals surface area contributed by atoms with Crippen molar-refractivity contribution in [2.45, 2.75) is 32.1 Å². The average molecular weight is 272 g/mol. The van der Waals surface area contributed by atoms with Gasteiger partial charge in [0.25, 0.3) is 0 Å². The standard InChI is InChI=1S/C13H24N2O4/c1-15(8-6-12(16)17)13(18)14-7-9-19-10-11-4-2-3-5-11/h11H,2-10H2,1H3,(H,14,18)(H,16,17). The second-order valence-corrected chi connectivity index (χ2v) is 5.02. The van der Waals surface area contributed by atoms with Crippen molar-refractivity contribution < 1.29 is 19.4 Å². The number of nitrogens with zero attached hydrogens (tertiary/aromatic N) is 1. The monoisotopic (exact) mass is 272 g/mol. The minimum absolute atomic E-state index is 0.0396. The fourth-order valence-corrected chi connectivity index (χ4v) is 2.16. The molecule has 110 valence electrons. The summed E-state index contributed by atoms with van der Waals surface area (Å²) >= 11 is 0. The third kappa shape index (κ3) is 7.00. The lowest BCUT2D eigenvalue weighted by molar-refractivity contribution is -0.137. The van der Waals surface area contributed by atoms with Gasteiger partial charge in [0.05, 0.1) is 13.0 Å². The number of ether oxygens (including phenoxy) is 1. The maximum atomic E-state index is 11.5. The van der Waals surface area contributed by atoms with E-state index in [1.165, 1.54) is 30.6 Å². The Morgan fingerprint density at radius 3 is 2.68 bits per heavy atom. The topological polar surface area (TPSA) is 78.9 Å². The molecule has 0 aromatic rings. The number of hydrogen-bond acceptors (Lipinski definition) is 3. The van der Waals surface area contributed by atoms with Crippen LogP contribution >= 0.6 is 0 Å². The molecule has 1 aliphatic carbocycles. The highest BCUT2D eigenvalue weighted by Crippen LogP contribution is 2.24. The van der Waals surface area contributed by atoms with Crippen LogP contribution in [0.1, 0.15) is 32.1 Å². The largest absolute Gasteiger partial charge is 0.481 e. The fourth-order valence-electron chi connectivity index (χ4n) is 2.16. The molecule has 6 heteroatoms. The molecule has 0 bridgehead atoms. The van der Waals surface area contributed by atoms with Crippen molar-refractivity contribution in [2.75, 3.05) is 33.4 Å². The first-order valence-electron chi connectivity index (χ1n) is 6.88. The molecule has 0 atom stereocenters. The predicted octanol–water partition coefficient (Wildman–Crippen LogP) is 1.31. The summed E-state index contributed by atoms with van der Waals surface area (Å²) in [4.78, 5) is 23.3. The number of carboxylic acid groups (broad SMARTS) is 1. The molecule has 0 saturated heterocycles. The van der Waals surface area contributed by atoms with Gasteiger partial charge in [-0.3, -0.25) is 4.79 Å². The van der Waals surface area contributed by atoms with Crippen LogP contribution in [0.5, 0.6) is 0 Å². The van der Waals surface area contributed by atoms with Crippen LogP contribution in [-0.2, 0) is 9.53 Å². The van der Waals surface area contributed by atoms with Gasteiger partial charge in [-0.25, -0.2) is 4.79 Å². The van der Waals surface area contributed by atoms with E-state index in [1.54, 1.807) is 7.05 Å². The molecule has 0 heterocycles. The molecule has 0 aliphatic heterocycles. The van der Waals surface area contributed by atoms with Gasteiger partial charge in [0.1, 0.15) is 0 Å². The molecule has 2 amide bonds. The Labute approximate surface area is 114 Å². The van der Waals surface area contributed by atoms with Gasteiger partial charge in [-0.05, 0) is 18.8 Å². The highest BCUT2D eigenvalue weighted by Gasteiger charge is 2.14. The average Bonchev–Trinajstić information content (AvgIpc) is 2.88. The van der Waals surface area contributed by atoms with Crippen LogP contribution in [0.25, 0.3) is 0 Å². The Morgan fingerprint density at radius 2 is 2.05 bits per heavy atom. The van der Waals surface area contributed by atoms with E-state index in [-0.39, 0.29) is 19.0 Å². The van der Waals surface area contributed by atoms with Crippen molar-refractivity contribution in [1.82, 2.24) is 10.2 Å². The van der Waals surface area contributed by atoms with E-state index in [4.69, 9.17) is 9.84 Å². The normalized spacial score (nSPS) is 15.4. The van der Waals surface area contributed by atoms with Crippen LogP contribution in [0.4, 0.5) is 4.79 Å². The van der Waals surface area contributed by atoms with Gasteiger partial charge in [-0.15, -0.1) is 0 Å². The summed E-state index contributed by atoms with van der Waals surface area (Å²) in [6, 6.07) is -0.259. The van der Waals surface area contributed by atoms with Crippen LogP contribution in [-0.4, -0.2) is 55.4 Å². The lowest BCUT2D eigenvalue weighted by atomic mass is 10.1. The van der Waals surface area contributed by atoms with Crippen LogP contribution in [0.3, 0.4) is 0 Å². The number of carbonyl (C=O) groups is 2. The molecule has 0 unspecified atom stereocenters. The number of rotatable bonds is 8. The number of aliphatic carboxylic acids is 1. The lowest BCUT2D eigenvalue weighted by Gasteiger charge is -2.17. The maximum absolute atomic E-state index is 11.5. The van der Waals surface area contributed by atoms with Crippen molar-refractivity contribution in [1.29, 1.82) is 0 Å². The summed E-state index contributed by atoms with van der Waals surface area (Å²) in [7, 11) is 1.58. The van der Waals surface area contributed by atoms with Crippen LogP contribution in [0.2, 0.25) is 0 Å². The highest BCUT2D eigenvalue weighted by molar-refractivity contribution is 5.74. The number of nitrogens with one attached hydrogen (secondary N) is 1. The minimum atomic E-state index is -0.903. The number of amides is 2. The zero-order valence-electron chi connectivity index (χ0n) is 11.6. The first-order chi connectivity index (χ1) is 9.09. The van der Waals surface area contributed by atoms with Gasteiger partial charge in [-0.2, -0.15) is 0 Å². The van der Waals surface area contributed by atoms with Crippen molar-refractivity contribution in [3.63, 3.8) is 0 Å². The Hall–Kier alpha value is -1.30. The molecular formula is C13H24N2O4. The Morgan fingerprint density at radius 1 is 1.37 bits per heavy atom. The van der Waals surface area contributed by atoms with Gasteiger partial charge in [0.2, 0.25) is 0 Å². The van der Waals surface area contributed by atoms with Crippen molar-refractivity contribution >= 4 is 12.0 Å². The molecule has 2 N–H and O–H groups in total. The first-order valence-corrected chi connectivity index (χ1v) is 6.88. The number of carbonyl (C=O) groups excluding carboxylic acids is 1. The Kier molecular flexibility index (Phi) is 7.25. The summed E-state index contributed by atoms with van der Waals surface area (Å²) in [6.07, 6.45) is 5.08. The third-order valence-electron chi connectivity index (χ3n) is 3.36. The minimum Gasteiger partial charge on any atom is -0.481 e. The number of carboxylic acids is 1. The molecule has 1 saturated carbocycles. The van der Waals surface area contributed by atoms with Crippen molar-refractivity contribution in [3.8, 4) is 0 Å². The summed E-state index contributed by atoms with van der Waals surface area (Å²) < 4.78 is 5.52. The van der Waals surface area contributed by atoms with Crippen molar-refractivity contribution in [3.05, 3.63) is 0 Å². The summed E-state index contributed by atoms with van der Waals surface area (Å²) in [6.45, 7) is 1.97. The maximum Gasteiger partial charge on any atom is 0.317 e. The Balaban J connectivity index is 1.98. The van der Waals surface area contributed by atoms with Gasteiger partial charge >= 0.3 is 12.0 Å². The molecule has 0 radical (unpaired) electrons. The SMILES string of the molecule is CN(CCC(=O)O)C(=O)NCCOCC1CCCC1. The van der Waals surface area contributed by atoms with Crippen LogP contribution < -0.4 is 5.32 Å². The van der Waals surface area contributed by atoms with Gasteiger partial charge < -0.3 is 20.1 Å². The molecule has 1 fully saturated rings. The third-order valence-corrected chi connectivity index (χ3v) is 3.36. The second kappa shape index (κ2) is 8.74. The first kappa shape index (κ1) is 15.8. The van der Waals surface area contributed by atoms with Gasteiger partial charge in [-0.1, -0.05) is 12.8 Å². The van der Waals surface area contributed by atoms with E-state index >= 15 is 0 Å². The molecule has 6 nitrogen and oxygen atoms in total. The van der Waals surface area contributed by atoms with E-state index < -0.39 is 5.97 Å². The fraction of sp³-hybridized carbons (Fsp3) is 0.846. The van der Waals surface area contributed by atoms with E-state index in [2.05, 4.69) is 5.32 Å². The second-order valence-electron chi connectivity index (χ2n) is 5.02. The van der Waals surface area contributed by atoms with E-state index in [0.29, 0.717) is 19.1 Å². The summed E-state index contributed by atoms with van der Waals surface area (Å²) in [5, 5.41) is 11.2. The molecule has 19 heavy (non-hydrogen) atoms. The van der Waals surface area contributed by atoms with Crippen LogP contribution in [0, 0.1) is 5.92 Å². The molecule has 1 aliphatic rings. The number of hydrogen-bond donors (Lipinski definition) is 2. The lowest BCUT2D eigenvalue weighted by Crippen LogP contribution is -2.39. The molecule has 0 aromatic heterocycles. The zero-order valence-corrected chi connectivity index (χ0v) is 11.6. The molecule has 0 aromatic carbocycles. The van der Waals surface area contributed by atoms with Crippen LogP contribution in [0.15, 0.2) is 0 Å². The van der Waals surface area contributed by atoms with E-state index in [1.807, 2.05) is 0 Å². The summed E-state index contributed by atoms with van der Waals surface area (Å²) in [5.41, 5.74) is 0.